The molecule has 0 bridgehead atoms. The molecule has 0 radical (unpaired) electrons. The van der Waals surface area contributed by atoms with E-state index in [1.807, 2.05) is 24.3 Å². The lowest BCUT2D eigenvalue weighted by Gasteiger charge is -2.19. The van der Waals surface area contributed by atoms with Gasteiger partial charge < -0.3 is 10.1 Å². The molecule has 25 heavy (non-hydrogen) atoms. The molecule has 0 atom stereocenters. The van der Waals surface area contributed by atoms with Gasteiger partial charge in [0.25, 0.3) is 0 Å². The number of benzene rings is 2. The number of hydrogen-bond donors (Lipinski definition) is 1. The topological polar surface area (TPSA) is 47.0 Å². The van der Waals surface area contributed by atoms with Crippen molar-refractivity contribution in [3.8, 4) is 28.3 Å². The average Bonchev–Trinajstić information content (AvgIpc) is 2.68. The molecular formula is C21H21N3O. The van der Waals surface area contributed by atoms with Gasteiger partial charge in [-0.1, -0.05) is 29.8 Å². The number of hydrogen-bond acceptors (Lipinski definition) is 4. The predicted octanol–water partition coefficient (Wildman–Crippen LogP) is 4.49. The Hall–Kier alpha value is -2.88. The average molecular weight is 331 g/mol. The van der Waals surface area contributed by atoms with E-state index in [1.54, 1.807) is 7.11 Å². The number of nitrogens with zero attached hydrogens (tertiary/aromatic N) is 2. The van der Waals surface area contributed by atoms with Crippen molar-refractivity contribution in [1.82, 2.24) is 9.97 Å². The predicted molar refractivity (Wildman–Crippen MR) is 101 cm³/mol. The summed E-state index contributed by atoms with van der Waals surface area (Å²) in [7, 11) is 1.68. The van der Waals surface area contributed by atoms with E-state index in [0.717, 1.165) is 59.2 Å². The Kier molecular flexibility index (Phi) is 4.10. The van der Waals surface area contributed by atoms with Gasteiger partial charge in [-0.15, -0.1) is 0 Å². The third-order valence-electron chi connectivity index (χ3n) is 4.54. The van der Waals surface area contributed by atoms with E-state index < -0.39 is 0 Å². The van der Waals surface area contributed by atoms with Crippen LogP contribution >= 0.6 is 0 Å². The highest BCUT2D eigenvalue weighted by molar-refractivity contribution is 5.79. The van der Waals surface area contributed by atoms with Crippen LogP contribution in [0.25, 0.3) is 22.5 Å². The summed E-state index contributed by atoms with van der Waals surface area (Å²) in [5.41, 5.74) is 6.26. The highest BCUT2D eigenvalue weighted by Crippen LogP contribution is 2.33. The molecule has 0 amide bonds. The minimum atomic E-state index is 0.841. The first-order chi connectivity index (χ1) is 12.2. The first-order valence-electron chi connectivity index (χ1n) is 8.61. The van der Waals surface area contributed by atoms with Crippen molar-refractivity contribution < 1.29 is 4.74 Å². The van der Waals surface area contributed by atoms with Crippen molar-refractivity contribution in [3.05, 3.63) is 59.8 Å². The lowest BCUT2D eigenvalue weighted by Crippen LogP contribution is -2.16. The van der Waals surface area contributed by atoms with Crippen LogP contribution in [0.4, 0.5) is 5.82 Å². The number of ether oxygens (including phenoxy) is 1. The van der Waals surface area contributed by atoms with Crippen molar-refractivity contribution in [2.45, 2.75) is 19.8 Å². The fourth-order valence-electron chi connectivity index (χ4n) is 3.11. The maximum Gasteiger partial charge on any atom is 0.148 e. The normalized spacial score (nSPS) is 13.0. The van der Waals surface area contributed by atoms with E-state index in [4.69, 9.17) is 14.7 Å². The molecule has 1 aliphatic heterocycles. The standard InChI is InChI=1S/C21H21N3O/c1-14-5-7-15(8-6-14)20-19(16-9-11-17(25-2)12-10-16)23-18-4-3-13-22-21(18)24-20/h5-12H,3-4,13H2,1-2H3,(H,22,24). The van der Waals surface area contributed by atoms with Gasteiger partial charge in [-0.25, -0.2) is 9.97 Å². The van der Waals surface area contributed by atoms with Crippen LogP contribution in [0.1, 0.15) is 17.7 Å². The zero-order chi connectivity index (χ0) is 17.2. The zero-order valence-corrected chi connectivity index (χ0v) is 14.5. The molecule has 0 aliphatic carbocycles. The Morgan fingerprint density at radius 3 is 2.20 bits per heavy atom. The van der Waals surface area contributed by atoms with Crippen molar-refractivity contribution in [2.75, 3.05) is 19.0 Å². The summed E-state index contributed by atoms with van der Waals surface area (Å²) < 4.78 is 5.28. The third kappa shape index (κ3) is 3.07. The number of aromatic nitrogens is 2. The minimum Gasteiger partial charge on any atom is -0.497 e. The Bertz CT molecular complexity index is 886. The Morgan fingerprint density at radius 2 is 1.52 bits per heavy atom. The number of nitrogens with one attached hydrogen (secondary N) is 1. The molecule has 1 aliphatic rings. The van der Waals surface area contributed by atoms with Gasteiger partial charge in [0.05, 0.1) is 24.2 Å². The first kappa shape index (κ1) is 15.6. The van der Waals surface area contributed by atoms with E-state index in [2.05, 4.69) is 36.5 Å². The summed E-state index contributed by atoms with van der Waals surface area (Å²) in [6.07, 6.45) is 2.06. The lowest BCUT2D eigenvalue weighted by molar-refractivity contribution is 0.415. The smallest absolute Gasteiger partial charge is 0.148 e. The van der Waals surface area contributed by atoms with Crippen molar-refractivity contribution in [1.29, 1.82) is 0 Å². The van der Waals surface area contributed by atoms with Crippen molar-refractivity contribution in [2.24, 2.45) is 0 Å². The lowest BCUT2D eigenvalue weighted by atomic mass is 10.0. The zero-order valence-electron chi connectivity index (χ0n) is 14.5. The number of anilines is 1. The molecule has 4 nitrogen and oxygen atoms in total. The quantitative estimate of drug-likeness (QED) is 0.768. The second-order valence-corrected chi connectivity index (χ2v) is 6.34. The maximum atomic E-state index is 5.28. The van der Waals surface area contributed by atoms with Gasteiger partial charge in [-0.05, 0) is 44.0 Å². The fraction of sp³-hybridized carbons (Fsp3) is 0.238. The van der Waals surface area contributed by atoms with E-state index in [9.17, 15) is 0 Å². The highest BCUT2D eigenvalue weighted by atomic mass is 16.5. The summed E-state index contributed by atoms with van der Waals surface area (Å²) >= 11 is 0. The molecule has 126 valence electrons. The monoisotopic (exact) mass is 331 g/mol. The Morgan fingerprint density at radius 1 is 0.880 bits per heavy atom. The molecule has 0 unspecified atom stereocenters. The van der Waals surface area contributed by atoms with Crippen molar-refractivity contribution >= 4 is 5.82 Å². The first-order valence-corrected chi connectivity index (χ1v) is 8.61. The SMILES string of the molecule is COc1ccc(-c2nc3c(nc2-c2ccc(C)cc2)NCCC3)cc1. The van der Waals surface area contributed by atoms with Crippen LogP contribution in [0.2, 0.25) is 0 Å². The summed E-state index contributed by atoms with van der Waals surface area (Å²) in [5, 5.41) is 3.39. The fourth-order valence-corrected chi connectivity index (χ4v) is 3.11. The molecule has 0 saturated carbocycles. The minimum absolute atomic E-state index is 0.841. The van der Waals surface area contributed by atoms with Crippen LogP contribution in [0, 0.1) is 6.92 Å². The van der Waals surface area contributed by atoms with Gasteiger partial charge in [0, 0.05) is 17.7 Å². The molecular weight excluding hydrogens is 310 g/mol. The summed E-state index contributed by atoms with van der Waals surface area (Å²) in [6, 6.07) is 16.5. The van der Waals surface area contributed by atoms with E-state index in [-0.39, 0.29) is 0 Å². The van der Waals surface area contributed by atoms with Crippen LogP contribution in [-0.2, 0) is 6.42 Å². The molecule has 0 saturated heterocycles. The van der Waals surface area contributed by atoms with Gasteiger partial charge in [-0.3, -0.25) is 0 Å². The molecule has 4 rings (SSSR count). The second-order valence-electron chi connectivity index (χ2n) is 6.34. The van der Waals surface area contributed by atoms with Gasteiger partial charge in [0.1, 0.15) is 11.6 Å². The molecule has 0 fully saturated rings. The molecule has 2 heterocycles. The molecule has 1 aromatic heterocycles. The molecule has 4 heteroatoms. The number of fused-ring (bicyclic) bond motifs is 1. The van der Waals surface area contributed by atoms with Crippen LogP contribution in [-0.4, -0.2) is 23.6 Å². The van der Waals surface area contributed by atoms with Crippen LogP contribution < -0.4 is 10.1 Å². The maximum absolute atomic E-state index is 5.28. The largest absolute Gasteiger partial charge is 0.497 e. The summed E-state index contributed by atoms with van der Waals surface area (Å²) in [6.45, 7) is 3.05. The van der Waals surface area contributed by atoms with Gasteiger partial charge in [0.2, 0.25) is 0 Å². The summed E-state index contributed by atoms with van der Waals surface area (Å²) in [4.78, 5) is 9.90. The summed E-state index contributed by atoms with van der Waals surface area (Å²) in [5.74, 6) is 1.76. The Labute approximate surface area is 147 Å². The van der Waals surface area contributed by atoms with Crippen molar-refractivity contribution in [3.63, 3.8) is 0 Å². The van der Waals surface area contributed by atoms with Crippen LogP contribution in [0.5, 0.6) is 5.75 Å². The molecule has 2 aromatic carbocycles. The molecule has 3 aromatic rings. The number of aryl methyl sites for hydroxylation is 2. The van der Waals surface area contributed by atoms with E-state index >= 15 is 0 Å². The highest BCUT2D eigenvalue weighted by Gasteiger charge is 2.18. The second kappa shape index (κ2) is 6.55. The number of methoxy groups -OCH3 is 1. The molecule has 0 spiro atoms. The third-order valence-corrected chi connectivity index (χ3v) is 4.54. The van der Waals surface area contributed by atoms with Gasteiger partial charge >= 0.3 is 0 Å². The van der Waals surface area contributed by atoms with E-state index in [1.165, 1.54) is 5.56 Å². The number of rotatable bonds is 3. The van der Waals surface area contributed by atoms with Crippen LogP contribution in [0.15, 0.2) is 48.5 Å². The Balaban J connectivity index is 1.89. The van der Waals surface area contributed by atoms with Gasteiger partial charge in [-0.2, -0.15) is 0 Å². The molecule has 1 N–H and O–H groups in total. The van der Waals surface area contributed by atoms with Crippen LogP contribution in [0.3, 0.4) is 0 Å². The van der Waals surface area contributed by atoms with Gasteiger partial charge in [0.15, 0.2) is 0 Å². The van der Waals surface area contributed by atoms with E-state index in [0.29, 0.717) is 0 Å².